The third-order valence-corrected chi connectivity index (χ3v) is 4.94. The summed E-state index contributed by atoms with van der Waals surface area (Å²) in [5.41, 5.74) is 5.55. The van der Waals surface area contributed by atoms with Crippen molar-refractivity contribution in [3.8, 4) is 5.75 Å². The summed E-state index contributed by atoms with van der Waals surface area (Å²) in [6.07, 6.45) is 3.97. The number of halogens is 1. The van der Waals surface area contributed by atoms with Gasteiger partial charge in [-0.2, -0.15) is 0 Å². The molecular formula is C19H18BrN5O. The van der Waals surface area contributed by atoms with Gasteiger partial charge in [0.05, 0.1) is 23.3 Å². The Bertz CT molecular complexity index is 1120. The van der Waals surface area contributed by atoms with Crippen molar-refractivity contribution in [1.29, 1.82) is 0 Å². The first-order chi connectivity index (χ1) is 12.5. The van der Waals surface area contributed by atoms with Crippen molar-refractivity contribution in [2.24, 2.45) is 0 Å². The Morgan fingerprint density at radius 1 is 1.12 bits per heavy atom. The van der Waals surface area contributed by atoms with Crippen LogP contribution in [-0.4, -0.2) is 30.1 Å². The second-order valence-electron chi connectivity index (χ2n) is 6.43. The molecule has 26 heavy (non-hydrogen) atoms. The zero-order valence-corrected chi connectivity index (χ0v) is 16.2. The Hall–Kier alpha value is -2.54. The number of aromatic nitrogens is 5. The molecule has 0 saturated carbocycles. The molecule has 4 rings (SSSR count). The normalized spacial score (nSPS) is 11.5. The van der Waals surface area contributed by atoms with Crippen LogP contribution >= 0.6 is 15.9 Å². The Morgan fingerprint density at radius 3 is 2.73 bits per heavy atom. The molecule has 2 heterocycles. The first-order valence-electron chi connectivity index (χ1n) is 8.52. The van der Waals surface area contributed by atoms with Gasteiger partial charge in [-0.05, 0) is 58.6 Å². The summed E-state index contributed by atoms with van der Waals surface area (Å²) in [4.78, 5) is 9.30. The summed E-state index contributed by atoms with van der Waals surface area (Å²) >= 11 is 3.52. The third kappa shape index (κ3) is 3.03. The van der Waals surface area contributed by atoms with E-state index in [1.165, 1.54) is 0 Å². The number of fused-ring (bicyclic) bond motifs is 2. The van der Waals surface area contributed by atoms with Gasteiger partial charge in [0.1, 0.15) is 16.8 Å². The van der Waals surface area contributed by atoms with Crippen LogP contribution in [0.15, 0.2) is 34.9 Å². The van der Waals surface area contributed by atoms with Crippen LogP contribution in [0.2, 0.25) is 0 Å². The first-order valence-corrected chi connectivity index (χ1v) is 9.32. The predicted octanol–water partition coefficient (Wildman–Crippen LogP) is 4.15. The van der Waals surface area contributed by atoms with E-state index in [9.17, 15) is 5.11 Å². The number of benzene rings is 2. The lowest BCUT2D eigenvalue weighted by Crippen LogP contribution is -2.01. The molecule has 0 atom stereocenters. The number of hydrogen-bond donors (Lipinski definition) is 1. The molecule has 132 valence electrons. The van der Waals surface area contributed by atoms with Gasteiger partial charge in [0.25, 0.3) is 0 Å². The molecule has 0 bridgehead atoms. The molecular weight excluding hydrogens is 394 g/mol. The first kappa shape index (κ1) is 16.9. The fraction of sp³-hybridized carbons (Fsp3) is 0.263. The molecule has 0 spiro atoms. The van der Waals surface area contributed by atoms with Crippen LogP contribution in [0.3, 0.4) is 0 Å². The van der Waals surface area contributed by atoms with E-state index >= 15 is 0 Å². The monoisotopic (exact) mass is 411 g/mol. The van der Waals surface area contributed by atoms with E-state index in [0.29, 0.717) is 17.6 Å². The fourth-order valence-electron chi connectivity index (χ4n) is 3.02. The average molecular weight is 412 g/mol. The van der Waals surface area contributed by atoms with Crippen molar-refractivity contribution in [1.82, 2.24) is 25.0 Å². The molecule has 0 radical (unpaired) electrons. The van der Waals surface area contributed by atoms with E-state index in [1.54, 1.807) is 0 Å². The minimum absolute atomic E-state index is 0.174. The molecule has 7 heteroatoms. The summed E-state index contributed by atoms with van der Waals surface area (Å²) in [7, 11) is 0. The van der Waals surface area contributed by atoms with Crippen molar-refractivity contribution in [2.45, 2.75) is 33.2 Å². The zero-order chi connectivity index (χ0) is 18.3. The number of aromatic hydroxyl groups is 1. The lowest BCUT2D eigenvalue weighted by atomic mass is 10.1. The highest BCUT2D eigenvalue weighted by Gasteiger charge is 2.12. The smallest absolute Gasteiger partial charge is 0.146 e. The minimum atomic E-state index is 0.174. The van der Waals surface area contributed by atoms with E-state index in [0.717, 1.165) is 45.2 Å². The van der Waals surface area contributed by atoms with Crippen molar-refractivity contribution in [2.75, 3.05) is 0 Å². The van der Waals surface area contributed by atoms with Gasteiger partial charge in [-0.15, -0.1) is 5.10 Å². The topological polar surface area (TPSA) is 76.7 Å². The van der Waals surface area contributed by atoms with Gasteiger partial charge in [-0.3, -0.25) is 0 Å². The number of phenols is 1. The standard InChI is InChI=1S/C19H18BrN5O/c1-3-4-13-10-25(24-23-13)9-12-5-6-15-16(8-12)22-17-14(20)7-11(2)19(26)18(17)21-15/h5-8,10,26H,3-4,9H2,1-2H3. The van der Waals surface area contributed by atoms with E-state index < -0.39 is 0 Å². The van der Waals surface area contributed by atoms with Gasteiger partial charge in [0.15, 0.2) is 0 Å². The second-order valence-corrected chi connectivity index (χ2v) is 7.28. The van der Waals surface area contributed by atoms with Gasteiger partial charge in [0.2, 0.25) is 0 Å². The second kappa shape index (κ2) is 6.64. The van der Waals surface area contributed by atoms with Gasteiger partial charge >= 0.3 is 0 Å². The van der Waals surface area contributed by atoms with Gasteiger partial charge in [0, 0.05) is 10.7 Å². The van der Waals surface area contributed by atoms with Gasteiger partial charge in [-0.25, -0.2) is 14.6 Å². The maximum absolute atomic E-state index is 10.3. The van der Waals surface area contributed by atoms with Crippen molar-refractivity contribution >= 4 is 38.0 Å². The van der Waals surface area contributed by atoms with Crippen LogP contribution in [0.1, 0.15) is 30.2 Å². The Kier molecular flexibility index (Phi) is 4.32. The summed E-state index contributed by atoms with van der Waals surface area (Å²) in [6, 6.07) is 7.79. The number of hydrogen-bond acceptors (Lipinski definition) is 5. The van der Waals surface area contributed by atoms with E-state index in [-0.39, 0.29) is 5.75 Å². The number of nitrogens with zero attached hydrogens (tertiary/aromatic N) is 5. The molecule has 0 unspecified atom stereocenters. The molecule has 6 nitrogen and oxygen atoms in total. The largest absolute Gasteiger partial charge is 0.505 e. The van der Waals surface area contributed by atoms with Crippen molar-refractivity contribution in [3.05, 3.63) is 51.8 Å². The minimum Gasteiger partial charge on any atom is -0.505 e. The molecule has 0 saturated heterocycles. The van der Waals surface area contributed by atoms with Gasteiger partial charge in [-0.1, -0.05) is 24.6 Å². The number of rotatable bonds is 4. The molecule has 0 aliphatic heterocycles. The molecule has 0 aliphatic rings. The van der Waals surface area contributed by atoms with Crippen LogP contribution in [0.4, 0.5) is 0 Å². The maximum Gasteiger partial charge on any atom is 0.146 e. The fourth-order valence-corrected chi connectivity index (χ4v) is 3.64. The van der Waals surface area contributed by atoms with Crippen molar-refractivity contribution in [3.63, 3.8) is 0 Å². The summed E-state index contributed by atoms with van der Waals surface area (Å²) < 4.78 is 2.66. The highest BCUT2D eigenvalue weighted by molar-refractivity contribution is 9.10. The van der Waals surface area contributed by atoms with Crippen LogP contribution < -0.4 is 0 Å². The Balaban J connectivity index is 1.75. The van der Waals surface area contributed by atoms with E-state index in [2.05, 4.69) is 38.1 Å². The third-order valence-electron chi connectivity index (χ3n) is 4.33. The maximum atomic E-state index is 10.3. The summed E-state index contributed by atoms with van der Waals surface area (Å²) in [6.45, 7) is 4.61. The molecule has 0 fully saturated rings. The predicted molar refractivity (Wildman–Crippen MR) is 104 cm³/mol. The Labute approximate surface area is 159 Å². The lowest BCUT2D eigenvalue weighted by Gasteiger charge is -2.08. The highest BCUT2D eigenvalue weighted by atomic mass is 79.9. The van der Waals surface area contributed by atoms with Crippen LogP contribution in [0.25, 0.3) is 22.1 Å². The van der Waals surface area contributed by atoms with Crippen molar-refractivity contribution < 1.29 is 5.11 Å². The van der Waals surface area contributed by atoms with E-state index in [4.69, 9.17) is 4.98 Å². The SMILES string of the molecule is CCCc1cn(Cc2ccc3nc4c(O)c(C)cc(Br)c4nc3c2)nn1. The zero-order valence-electron chi connectivity index (χ0n) is 14.6. The van der Waals surface area contributed by atoms with Crippen LogP contribution in [0.5, 0.6) is 5.75 Å². The lowest BCUT2D eigenvalue weighted by molar-refractivity contribution is 0.476. The Morgan fingerprint density at radius 2 is 1.92 bits per heavy atom. The quantitative estimate of drug-likeness (QED) is 0.510. The molecule has 0 aliphatic carbocycles. The molecule has 4 aromatic rings. The number of aryl methyl sites for hydroxylation is 2. The van der Waals surface area contributed by atoms with Gasteiger partial charge < -0.3 is 5.11 Å². The molecule has 2 aromatic carbocycles. The van der Waals surface area contributed by atoms with E-state index in [1.807, 2.05) is 42.1 Å². The molecule has 1 N–H and O–H groups in total. The molecule has 2 aromatic heterocycles. The average Bonchev–Trinajstić information content (AvgIpc) is 3.06. The van der Waals surface area contributed by atoms with Crippen LogP contribution in [-0.2, 0) is 13.0 Å². The number of phenolic OH excluding ortho intramolecular Hbond substituents is 1. The van der Waals surface area contributed by atoms with Crippen LogP contribution in [0, 0.1) is 6.92 Å². The highest BCUT2D eigenvalue weighted by Crippen LogP contribution is 2.33. The molecule has 0 amide bonds. The summed E-state index contributed by atoms with van der Waals surface area (Å²) in [5, 5.41) is 18.7. The summed E-state index contributed by atoms with van der Waals surface area (Å²) in [5.74, 6) is 0.174.